The molecule has 0 N–H and O–H groups in total. The first-order valence-electron chi connectivity index (χ1n) is 5.26. The molecule has 0 aliphatic rings. The molecule has 3 heteroatoms. The van der Waals surface area contributed by atoms with E-state index in [2.05, 4.69) is 12.1 Å². The molecular formula is C14H12Cl2S. The van der Waals surface area contributed by atoms with Gasteiger partial charge in [-0.1, -0.05) is 47.1 Å². The van der Waals surface area contributed by atoms with Crippen molar-refractivity contribution in [1.29, 1.82) is 0 Å². The molecule has 0 heterocycles. The van der Waals surface area contributed by atoms with Crippen molar-refractivity contribution in [2.75, 3.05) is 0 Å². The maximum atomic E-state index is 6.20. The standard InChI is InChI=1S/C14H12Cl2S/c1-9-3-5-13(11(15)7-9)17-14-6-4-10(2)8-12(14)16/h3-8H,1-2H3. The molecule has 0 bridgehead atoms. The van der Waals surface area contributed by atoms with Crippen LogP contribution in [-0.4, -0.2) is 0 Å². The highest BCUT2D eigenvalue weighted by Gasteiger charge is 2.06. The van der Waals surface area contributed by atoms with Crippen molar-refractivity contribution in [2.45, 2.75) is 23.6 Å². The van der Waals surface area contributed by atoms with Gasteiger partial charge in [0.1, 0.15) is 0 Å². The average Bonchev–Trinajstić information content (AvgIpc) is 2.25. The van der Waals surface area contributed by atoms with Crippen molar-refractivity contribution in [3.8, 4) is 0 Å². The normalized spacial score (nSPS) is 10.6. The summed E-state index contributed by atoms with van der Waals surface area (Å²) in [5.41, 5.74) is 2.32. The second-order valence-electron chi connectivity index (χ2n) is 3.97. The second kappa shape index (κ2) is 5.34. The minimum atomic E-state index is 0.770. The smallest absolute Gasteiger partial charge is 0.0548 e. The van der Waals surface area contributed by atoms with E-state index in [1.807, 2.05) is 38.1 Å². The zero-order valence-electron chi connectivity index (χ0n) is 9.63. The number of hydrogen-bond acceptors (Lipinski definition) is 1. The molecule has 2 aromatic rings. The molecule has 2 aromatic carbocycles. The predicted octanol–water partition coefficient (Wildman–Crippen LogP) is 5.76. The van der Waals surface area contributed by atoms with Crippen molar-refractivity contribution in [3.05, 3.63) is 57.6 Å². The third-order valence-corrected chi connectivity index (χ3v) is 4.40. The third kappa shape index (κ3) is 3.19. The fourth-order valence-corrected chi connectivity index (χ4v) is 3.02. The molecule has 88 valence electrons. The molecule has 0 fully saturated rings. The van der Waals surface area contributed by atoms with E-state index in [0.29, 0.717) is 0 Å². The second-order valence-corrected chi connectivity index (χ2v) is 5.87. The van der Waals surface area contributed by atoms with Gasteiger partial charge in [-0.15, -0.1) is 0 Å². The van der Waals surface area contributed by atoms with Crippen molar-refractivity contribution in [3.63, 3.8) is 0 Å². The van der Waals surface area contributed by atoms with E-state index in [4.69, 9.17) is 23.2 Å². The lowest BCUT2D eigenvalue weighted by Crippen LogP contribution is -1.80. The van der Waals surface area contributed by atoms with E-state index in [-0.39, 0.29) is 0 Å². The van der Waals surface area contributed by atoms with Gasteiger partial charge >= 0.3 is 0 Å². The van der Waals surface area contributed by atoms with Gasteiger partial charge in [-0.25, -0.2) is 0 Å². The summed E-state index contributed by atoms with van der Waals surface area (Å²) in [6.45, 7) is 4.05. The Labute approximate surface area is 116 Å². The summed E-state index contributed by atoms with van der Waals surface area (Å²) >= 11 is 14.0. The van der Waals surface area contributed by atoms with Crippen LogP contribution in [0.3, 0.4) is 0 Å². The van der Waals surface area contributed by atoms with E-state index in [0.717, 1.165) is 31.0 Å². The van der Waals surface area contributed by atoms with Crippen LogP contribution in [0.15, 0.2) is 46.2 Å². The fraction of sp³-hybridized carbons (Fsp3) is 0.143. The molecule has 0 unspecified atom stereocenters. The van der Waals surface area contributed by atoms with Crippen molar-refractivity contribution >= 4 is 35.0 Å². The minimum absolute atomic E-state index is 0.770. The van der Waals surface area contributed by atoms with Crippen LogP contribution in [-0.2, 0) is 0 Å². The SMILES string of the molecule is Cc1ccc(Sc2ccc(C)cc2Cl)c(Cl)c1. The number of halogens is 2. The van der Waals surface area contributed by atoms with E-state index >= 15 is 0 Å². The Hall–Kier alpha value is -0.630. The molecular weight excluding hydrogens is 271 g/mol. The van der Waals surface area contributed by atoms with E-state index in [1.165, 1.54) is 0 Å². The zero-order chi connectivity index (χ0) is 12.4. The largest absolute Gasteiger partial charge is 0.0870 e. The number of aryl methyl sites for hydroxylation is 2. The molecule has 0 saturated heterocycles. The molecule has 0 nitrogen and oxygen atoms in total. The molecule has 0 aliphatic heterocycles. The van der Waals surface area contributed by atoms with Crippen LogP contribution < -0.4 is 0 Å². The van der Waals surface area contributed by atoms with Crippen molar-refractivity contribution < 1.29 is 0 Å². The van der Waals surface area contributed by atoms with Crippen molar-refractivity contribution in [2.24, 2.45) is 0 Å². The Bertz CT molecular complexity index is 500. The van der Waals surface area contributed by atoms with Gasteiger partial charge in [0.15, 0.2) is 0 Å². The van der Waals surface area contributed by atoms with Crippen LogP contribution in [0.5, 0.6) is 0 Å². The lowest BCUT2D eigenvalue weighted by atomic mass is 10.2. The summed E-state index contributed by atoms with van der Waals surface area (Å²) in [4.78, 5) is 2.06. The van der Waals surface area contributed by atoms with Crippen LogP contribution in [0.1, 0.15) is 11.1 Å². The number of hydrogen-bond donors (Lipinski definition) is 0. The summed E-state index contributed by atoms with van der Waals surface area (Å²) in [6.07, 6.45) is 0. The highest BCUT2D eigenvalue weighted by Crippen LogP contribution is 2.37. The molecule has 0 saturated carbocycles. The fourth-order valence-electron chi connectivity index (χ4n) is 1.50. The molecule has 0 amide bonds. The highest BCUT2D eigenvalue weighted by atomic mass is 35.5. The van der Waals surface area contributed by atoms with Gasteiger partial charge in [-0.05, 0) is 49.2 Å². The summed E-state index contributed by atoms with van der Waals surface area (Å²) in [6, 6.07) is 12.1. The monoisotopic (exact) mass is 282 g/mol. The van der Waals surface area contributed by atoms with Gasteiger partial charge < -0.3 is 0 Å². The number of benzene rings is 2. The molecule has 17 heavy (non-hydrogen) atoms. The van der Waals surface area contributed by atoms with Crippen LogP contribution >= 0.6 is 35.0 Å². The van der Waals surface area contributed by atoms with Gasteiger partial charge in [-0.3, -0.25) is 0 Å². The van der Waals surface area contributed by atoms with Crippen LogP contribution in [0.4, 0.5) is 0 Å². The predicted molar refractivity (Wildman–Crippen MR) is 76.5 cm³/mol. The van der Waals surface area contributed by atoms with E-state index in [9.17, 15) is 0 Å². The summed E-state index contributed by atoms with van der Waals surface area (Å²) < 4.78 is 0. The topological polar surface area (TPSA) is 0 Å². The highest BCUT2D eigenvalue weighted by molar-refractivity contribution is 7.99. The third-order valence-electron chi connectivity index (χ3n) is 2.39. The first kappa shape index (κ1) is 12.8. The van der Waals surface area contributed by atoms with E-state index < -0.39 is 0 Å². The van der Waals surface area contributed by atoms with Crippen LogP contribution in [0, 0.1) is 13.8 Å². The average molecular weight is 283 g/mol. The maximum Gasteiger partial charge on any atom is 0.0548 e. The lowest BCUT2D eigenvalue weighted by molar-refractivity contribution is 1.34. The first-order chi connectivity index (χ1) is 8.06. The maximum absolute atomic E-state index is 6.20. The Morgan fingerprint density at radius 3 is 1.53 bits per heavy atom. The zero-order valence-corrected chi connectivity index (χ0v) is 12.0. The Balaban J connectivity index is 2.31. The Kier molecular flexibility index (Phi) is 4.03. The molecule has 0 radical (unpaired) electrons. The minimum Gasteiger partial charge on any atom is -0.0870 e. The summed E-state index contributed by atoms with van der Waals surface area (Å²) in [7, 11) is 0. The first-order valence-corrected chi connectivity index (χ1v) is 6.83. The molecule has 0 aliphatic carbocycles. The Morgan fingerprint density at radius 2 is 1.18 bits per heavy atom. The Morgan fingerprint density at radius 1 is 0.765 bits per heavy atom. The molecule has 0 aromatic heterocycles. The van der Waals surface area contributed by atoms with Crippen LogP contribution in [0.2, 0.25) is 10.0 Å². The van der Waals surface area contributed by atoms with Gasteiger partial charge in [-0.2, -0.15) is 0 Å². The van der Waals surface area contributed by atoms with Gasteiger partial charge in [0, 0.05) is 9.79 Å². The summed E-state index contributed by atoms with van der Waals surface area (Å²) in [5, 5.41) is 1.54. The number of rotatable bonds is 2. The van der Waals surface area contributed by atoms with Gasteiger partial charge in [0.2, 0.25) is 0 Å². The quantitative estimate of drug-likeness (QED) is 0.675. The lowest BCUT2D eigenvalue weighted by Gasteiger charge is -2.07. The molecule has 0 spiro atoms. The molecule has 0 atom stereocenters. The van der Waals surface area contributed by atoms with Gasteiger partial charge in [0.05, 0.1) is 10.0 Å². The van der Waals surface area contributed by atoms with Gasteiger partial charge in [0.25, 0.3) is 0 Å². The van der Waals surface area contributed by atoms with Crippen molar-refractivity contribution in [1.82, 2.24) is 0 Å². The van der Waals surface area contributed by atoms with E-state index in [1.54, 1.807) is 11.8 Å². The van der Waals surface area contributed by atoms with Crippen LogP contribution in [0.25, 0.3) is 0 Å². The summed E-state index contributed by atoms with van der Waals surface area (Å²) in [5.74, 6) is 0. The molecule has 2 rings (SSSR count).